The fourth-order valence-corrected chi connectivity index (χ4v) is 2.20. The van der Waals surface area contributed by atoms with Crippen LogP contribution in [0.1, 0.15) is 40.0 Å². The number of hydrogen-bond donors (Lipinski definition) is 3. The summed E-state index contributed by atoms with van der Waals surface area (Å²) in [6.45, 7) is 7.23. The molecule has 1 rings (SSSR count). The van der Waals surface area contributed by atoms with Gasteiger partial charge in [-0.15, -0.1) is 0 Å². The highest BCUT2D eigenvalue weighted by Gasteiger charge is 2.26. The second-order valence-electron chi connectivity index (χ2n) is 5.31. The van der Waals surface area contributed by atoms with Gasteiger partial charge in [-0.05, 0) is 39.2 Å². The molecule has 0 aromatic carbocycles. The topological polar surface area (TPSA) is 70.2 Å². The van der Waals surface area contributed by atoms with Gasteiger partial charge >= 0.3 is 0 Å². The largest absolute Gasteiger partial charge is 0.354 e. The Bertz CT molecular complexity index is 292. The van der Waals surface area contributed by atoms with E-state index in [1.165, 1.54) is 0 Å². The lowest BCUT2D eigenvalue weighted by Crippen LogP contribution is -2.51. The second kappa shape index (κ2) is 7.36. The van der Waals surface area contributed by atoms with Crippen LogP contribution in [0.15, 0.2) is 0 Å². The molecule has 5 heteroatoms. The Labute approximate surface area is 109 Å². The van der Waals surface area contributed by atoms with Crippen molar-refractivity contribution >= 4 is 11.8 Å². The van der Waals surface area contributed by atoms with Crippen LogP contribution in [0, 0.1) is 5.92 Å². The van der Waals surface area contributed by atoms with Crippen LogP contribution in [0.25, 0.3) is 0 Å². The Morgan fingerprint density at radius 3 is 2.72 bits per heavy atom. The van der Waals surface area contributed by atoms with E-state index >= 15 is 0 Å². The van der Waals surface area contributed by atoms with Gasteiger partial charge in [-0.25, -0.2) is 0 Å². The molecular weight excluding hydrogens is 230 g/mol. The summed E-state index contributed by atoms with van der Waals surface area (Å²) in [4.78, 5) is 23.3. The van der Waals surface area contributed by atoms with Crippen molar-refractivity contribution in [3.8, 4) is 0 Å². The van der Waals surface area contributed by atoms with Crippen molar-refractivity contribution in [2.75, 3.05) is 13.1 Å². The van der Waals surface area contributed by atoms with Gasteiger partial charge in [0.2, 0.25) is 11.8 Å². The van der Waals surface area contributed by atoms with Gasteiger partial charge in [-0.1, -0.05) is 6.92 Å². The molecule has 0 bridgehead atoms. The Hall–Kier alpha value is -1.10. The Morgan fingerprint density at radius 2 is 2.11 bits per heavy atom. The maximum atomic E-state index is 11.9. The quantitative estimate of drug-likeness (QED) is 0.666. The minimum Gasteiger partial charge on any atom is -0.354 e. The first-order chi connectivity index (χ1) is 8.50. The van der Waals surface area contributed by atoms with Crippen molar-refractivity contribution < 1.29 is 9.59 Å². The molecule has 0 aromatic heterocycles. The van der Waals surface area contributed by atoms with Gasteiger partial charge in [0.15, 0.2) is 0 Å². The normalized spacial score (nSPS) is 23.8. The van der Waals surface area contributed by atoms with Crippen LogP contribution in [-0.4, -0.2) is 37.0 Å². The highest BCUT2D eigenvalue weighted by Crippen LogP contribution is 2.15. The van der Waals surface area contributed by atoms with E-state index in [9.17, 15) is 9.59 Å². The smallest absolute Gasteiger partial charge is 0.237 e. The van der Waals surface area contributed by atoms with Crippen LogP contribution in [-0.2, 0) is 9.59 Å². The fraction of sp³-hybridized carbons (Fsp3) is 0.846. The summed E-state index contributed by atoms with van der Waals surface area (Å²) in [6, 6.07) is 0.0418. The highest BCUT2D eigenvalue weighted by atomic mass is 16.2. The molecular formula is C13H25N3O2. The zero-order chi connectivity index (χ0) is 13.5. The molecule has 0 saturated carbocycles. The average Bonchev–Trinajstić information content (AvgIpc) is 2.28. The van der Waals surface area contributed by atoms with Crippen LogP contribution >= 0.6 is 0 Å². The summed E-state index contributed by atoms with van der Waals surface area (Å²) in [5, 5.41) is 8.85. The highest BCUT2D eigenvalue weighted by molar-refractivity contribution is 5.83. The molecule has 2 unspecified atom stereocenters. The van der Waals surface area contributed by atoms with Gasteiger partial charge in [0.05, 0.1) is 6.04 Å². The van der Waals surface area contributed by atoms with Crippen molar-refractivity contribution in [3.63, 3.8) is 0 Å². The van der Waals surface area contributed by atoms with Crippen LogP contribution in [0.4, 0.5) is 0 Å². The minimum absolute atomic E-state index is 0.0135. The third kappa shape index (κ3) is 5.04. The van der Waals surface area contributed by atoms with Crippen LogP contribution < -0.4 is 16.0 Å². The number of amides is 2. The first kappa shape index (κ1) is 15.0. The number of rotatable bonds is 5. The van der Waals surface area contributed by atoms with Gasteiger partial charge in [0.25, 0.3) is 0 Å². The third-order valence-electron chi connectivity index (χ3n) is 3.15. The lowest BCUT2D eigenvalue weighted by molar-refractivity contribution is -0.125. The molecule has 2 amide bonds. The SMILES string of the molecule is CC(C)NC(=O)CCNC(=O)C1NCCCC1C. The number of piperidine rings is 1. The van der Waals surface area contributed by atoms with Gasteiger partial charge < -0.3 is 16.0 Å². The zero-order valence-electron chi connectivity index (χ0n) is 11.6. The van der Waals surface area contributed by atoms with E-state index in [1.54, 1.807) is 0 Å². The summed E-state index contributed by atoms with van der Waals surface area (Å²) in [5.74, 6) is 0.359. The lowest BCUT2D eigenvalue weighted by Gasteiger charge is -2.28. The van der Waals surface area contributed by atoms with E-state index in [0.717, 1.165) is 19.4 Å². The van der Waals surface area contributed by atoms with Gasteiger partial charge in [-0.3, -0.25) is 9.59 Å². The van der Waals surface area contributed by atoms with E-state index in [4.69, 9.17) is 0 Å². The monoisotopic (exact) mass is 255 g/mol. The molecule has 1 aliphatic rings. The summed E-state index contributed by atoms with van der Waals surface area (Å²) in [5.41, 5.74) is 0. The van der Waals surface area contributed by atoms with Crippen molar-refractivity contribution in [2.24, 2.45) is 5.92 Å². The zero-order valence-corrected chi connectivity index (χ0v) is 11.6. The van der Waals surface area contributed by atoms with Crippen molar-refractivity contribution in [3.05, 3.63) is 0 Å². The molecule has 3 N–H and O–H groups in total. The van der Waals surface area contributed by atoms with Crippen molar-refractivity contribution in [1.82, 2.24) is 16.0 Å². The fourth-order valence-electron chi connectivity index (χ4n) is 2.20. The Balaban J connectivity index is 2.22. The molecule has 1 fully saturated rings. The molecule has 5 nitrogen and oxygen atoms in total. The maximum Gasteiger partial charge on any atom is 0.237 e. The van der Waals surface area contributed by atoms with E-state index in [-0.39, 0.29) is 23.9 Å². The predicted molar refractivity (Wildman–Crippen MR) is 71.1 cm³/mol. The molecule has 2 atom stereocenters. The average molecular weight is 255 g/mol. The van der Waals surface area contributed by atoms with Crippen molar-refractivity contribution in [2.45, 2.75) is 52.1 Å². The summed E-state index contributed by atoms with van der Waals surface area (Å²) < 4.78 is 0. The molecule has 0 radical (unpaired) electrons. The summed E-state index contributed by atoms with van der Waals surface area (Å²) in [6.07, 6.45) is 2.55. The number of hydrogen-bond acceptors (Lipinski definition) is 3. The number of nitrogens with one attached hydrogen (secondary N) is 3. The van der Waals surface area contributed by atoms with Crippen molar-refractivity contribution in [1.29, 1.82) is 0 Å². The standard InChI is InChI=1S/C13H25N3O2/c1-9(2)16-11(17)6-8-15-13(18)12-10(3)5-4-7-14-12/h9-10,12,14H,4-8H2,1-3H3,(H,15,18)(H,16,17). The van der Waals surface area contributed by atoms with Crippen LogP contribution in [0.2, 0.25) is 0 Å². The number of carbonyl (C=O) groups is 2. The van der Waals surface area contributed by atoms with Gasteiger partial charge in [-0.2, -0.15) is 0 Å². The van der Waals surface area contributed by atoms with Crippen LogP contribution in [0.5, 0.6) is 0 Å². The molecule has 0 spiro atoms. The summed E-state index contributed by atoms with van der Waals surface area (Å²) in [7, 11) is 0. The molecule has 0 aliphatic carbocycles. The molecule has 1 aliphatic heterocycles. The summed E-state index contributed by atoms with van der Waals surface area (Å²) >= 11 is 0. The minimum atomic E-state index is -0.105. The molecule has 1 saturated heterocycles. The van der Waals surface area contributed by atoms with Gasteiger partial charge in [0, 0.05) is 19.0 Å². The molecule has 104 valence electrons. The van der Waals surface area contributed by atoms with E-state index in [1.807, 2.05) is 13.8 Å². The maximum absolute atomic E-state index is 11.9. The van der Waals surface area contributed by atoms with E-state index in [2.05, 4.69) is 22.9 Å². The van der Waals surface area contributed by atoms with E-state index in [0.29, 0.717) is 18.9 Å². The Kier molecular flexibility index (Phi) is 6.12. The molecule has 0 aromatic rings. The van der Waals surface area contributed by atoms with Gasteiger partial charge in [0.1, 0.15) is 0 Å². The molecule has 18 heavy (non-hydrogen) atoms. The Morgan fingerprint density at radius 1 is 1.39 bits per heavy atom. The lowest BCUT2D eigenvalue weighted by atomic mass is 9.92. The van der Waals surface area contributed by atoms with Crippen LogP contribution in [0.3, 0.4) is 0 Å². The number of carbonyl (C=O) groups excluding carboxylic acids is 2. The first-order valence-corrected chi connectivity index (χ1v) is 6.81. The second-order valence-corrected chi connectivity index (χ2v) is 5.31. The predicted octanol–water partition coefficient (Wildman–Crippen LogP) is 0.405. The van der Waals surface area contributed by atoms with E-state index < -0.39 is 0 Å². The first-order valence-electron chi connectivity index (χ1n) is 6.81. The third-order valence-corrected chi connectivity index (χ3v) is 3.15. The molecule has 1 heterocycles.